The second-order valence-electron chi connectivity index (χ2n) is 5.66. The third-order valence-corrected chi connectivity index (χ3v) is 4.08. The molecular formula is C19H20N4O. The summed E-state index contributed by atoms with van der Waals surface area (Å²) in [4.78, 5) is 16.8. The topological polar surface area (TPSA) is 59.3 Å². The van der Waals surface area contributed by atoms with Gasteiger partial charge in [0, 0.05) is 12.1 Å². The van der Waals surface area contributed by atoms with Crippen molar-refractivity contribution in [3.63, 3.8) is 0 Å². The lowest BCUT2D eigenvalue weighted by atomic mass is 10.1. The number of aryl methyl sites for hydroxylation is 3. The zero-order valence-electron chi connectivity index (χ0n) is 14.1. The van der Waals surface area contributed by atoms with Gasteiger partial charge in [0.1, 0.15) is 5.82 Å². The molecule has 0 atom stereocenters. The summed E-state index contributed by atoms with van der Waals surface area (Å²) in [5.41, 5.74) is 7.06. The van der Waals surface area contributed by atoms with Crippen LogP contribution in [0.25, 0.3) is 11.0 Å². The number of hydrazone groups is 1. The maximum Gasteiger partial charge on any atom is 0.271 e. The highest BCUT2D eigenvalue weighted by Gasteiger charge is 2.10. The molecule has 0 aliphatic carbocycles. The smallest absolute Gasteiger partial charge is 0.271 e. The Balaban J connectivity index is 1.78. The van der Waals surface area contributed by atoms with Gasteiger partial charge < -0.3 is 4.57 Å². The van der Waals surface area contributed by atoms with Crippen molar-refractivity contribution in [3.05, 3.63) is 65.0 Å². The molecule has 3 rings (SSSR count). The number of fused-ring (bicyclic) bond motifs is 1. The van der Waals surface area contributed by atoms with Crippen LogP contribution >= 0.6 is 0 Å². The molecule has 0 aliphatic rings. The van der Waals surface area contributed by atoms with E-state index in [-0.39, 0.29) is 5.91 Å². The first-order chi connectivity index (χ1) is 11.6. The van der Waals surface area contributed by atoms with Crippen LogP contribution < -0.4 is 5.43 Å². The lowest BCUT2D eigenvalue weighted by Gasteiger charge is -2.03. The van der Waals surface area contributed by atoms with Crippen LogP contribution in [0.2, 0.25) is 0 Å². The Kier molecular flexibility index (Phi) is 4.42. The van der Waals surface area contributed by atoms with Gasteiger partial charge in [-0.2, -0.15) is 5.10 Å². The van der Waals surface area contributed by atoms with Crippen LogP contribution in [0.3, 0.4) is 0 Å². The second-order valence-corrected chi connectivity index (χ2v) is 5.66. The molecule has 1 N–H and O–H groups in total. The summed E-state index contributed by atoms with van der Waals surface area (Å²) in [6.07, 6.45) is 1.65. The molecule has 24 heavy (non-hydrogen) atoms. The molecule has 122 valence electrons. The number of aromatic nitrogens is 2. The maximum absolute atomic E-state index is 12.3. The predicted octanol–water partition coefficient (Wildman–Crippen LogP) is 3.44. The first-order valence-corrected chi connectivity index (χ1v) is 7.96. The highest BCUT2D eigenvalue weighted by atomic mass is 16.2. The molecule has 5 nitrogen and oxygen atoms in total. The van der Waals surface area contributed by atoms with E-state index in [1.54, 1.807) is 18.3 Å². The maximum atomic E-state index is 12.3. The third kappa shape index (κ3) is 3.06. The van der Waals surface area contributed by atoms with Crippen LogP contribution in [0.1, 0.15) is 34.2 Å². The van der Waals surface area contributed by atoms with Crippen molar-refractivity contribution >= 4 is 23.2 Å². The molecule has 0 unspecified atom stereocenters. The van der Waals surface area contributed by atoms with E-state index in [1.807, 2.05) is 44.2 Å². The van der Waals surface area contributed by atoms with E-state index in [4.69, 9.17) is 0 Å². The quantitative estimate of drug-likeness (QED) is 0.591. The summed E-state index contributed by atoms with van der Waals surface area (Å²) in [6.45, 7) is 6.91. The summed E-state index contributed by atoms with van der Waals surface area (Å²) < 4.78 is 2.12. The molecule has 5 heteroatoms. The van der Waals surface area contributed by atoms with Crippen LogP contribution in [0, 0.1) is 13.8 Å². The molecule has 0 bridgehead atoms. The highest BCUT2D eigenvalue weighted by Crippen LogP contribution is 2.17. The molecule has 1 heterocycles. The van der Waals surface area contributed by atoms with E-state index in [1.165, 1.54) is 0 Å². The third-order valence-electron chi connectivity index (χ3n) is 4.08. The molecule has 1 aromatic heterocycles. The van der Waals surface area contributed by atoms with Crippen molar-refractivity contribution in [3.8, 4) is 0 Å². The highest BCUT2D eigenvalue weighted by molar-refractivity contribution is 5.98. The molecular weight excluding hydrogens is 300 g/mol. The van der Waals surface area contributed by atoms with Crippen molar-refractivity contribution in [1.29, 1.82) is 0 Å². The van der Waals surface area contributed by atoms with Gasteiger partial charge in [0.25, 0.3) is 5.91 Å². The summed E-state index contributed by atoms with van der Waals surface area (Å²) in [7, 11) is 0. The van der Waals surface area contributed by atoms with Crippen molar-refractivity contribution in [2.24, 2.45) is 5.10 Å². The van der Waals surface area contributed by atoms with Gasteiger partial charge in [0.15, 0.2) is 0 Å². The monoisotopic (exact) mass is 320 g/mol. The Hall–Kier alpha value is -2.95. The lowest BCUT2D eigenvalue weighted by molar-refractivity contribution is 0.0955. The predicted molar refractivity (Wildman–Crippen MR) is 96.4 cm³/mol. The molecule has 0 fully saturated rings. The zero-order valence-corrected chi connectivity index (χ0v) is 14.1. The normalized spacial score (nSPS) is 11.3. The van der Waals surface area contributed by atoms with Crippen LogP contribution in [0.4, 0.5) is 0 Å². The Labute approximate surface area is 141 Å². The SMILES string of the molecule is CCn1c(C)nc2cc(C(=O)N/N=C\c3ccccc3C)ccc21. The summed E-state index contributed by atoms with van der Waals surface area (Å²) in [6, 6.07) is 13.4. The van der Waals surface area contributed by atoms with E-state index in [0.717, 1.165) is 34.5 Å². The Bertz CT molecular complexity index is 924. The van der Waals surface area contributed by atoms with Gasteiger partial charge in [0.05, 0.1) is 17.2 Å². The van der Waals surface area contributed by atoms with Gasteiger partial charge in [-0.1, -0.05) is 24.3 Å². The van der Waals surface area contributed by atoms with Crippen molar-refractivity contribution < 1.29 is 4.79 Å². The number of benzene rings is 2. The minimum atomic E-state index is -0.245. The number of nitrogens with one attached hydrogen (secondary N) is 1. The standard InChI is InChI=1S/C19H20N4O/c1-4-23-14(3)21-17-11-15(9-10-18(17)23)19(24)22-20-12-16-8-6-5-7-13(16)2/h5-12H,4H2,1-3H3,(H,22,24)/b20-12-. The zero-order chi connectivity index (χ0) is 17.1. The molecule has 3 aromatic rings. The number of imidazole rings is 1. The van der Waals surface area contributed by atoms with Crippen molar-refractivity contribution in [2.75, 3.05) is 0 Å². The average molecular weight is 320 g/mol. The summed E-state index contributed by atoms with van der Waals surface area (Å²) >= 11 is 0. The minimum absolute atomic E-state index is 0.245. The van der Waals surface area contributed by atoms with Crippen LogP contribution in [0.5, 0.6) is 0 Å². The van der Waals surface area contributed by atoms with E-state index in [9.17, 15) is 4.79 Å². The van der Waals surface area contributed by atoms with E-state index in [0.29, 0.717) is 5.56 Å². The first-order valence-electron chi connectivity index (χ1n) is 7.96. The number of carbonyl (C=O) groups is 1. The van der Waals surface area contributed by atoms with Crippen molar-refractivity contribution in [2.45, 2.75) is 27.3 Å². The van der Waals surface area contributed by atoms with E-state index < -0.39 is 0 Å². The van der Waals surface area contributed by atoms with Gasteiger partial charge >= 0.3 is 0 Å². The van der Waals surface area contributed by atoms with Crippen molar-refractivity contribution in [1.82, 2.24) is 15.0 Å². The fourth-order valence-electron chi connectivity index (χ4n) is 2.75. The second kappa shape index (κ2) is 6.66. The largest absolute Gasteiger partial charge is 0.329 e. The number of hydrogen-bond acceptors (Lipinski definition) is 3. The molecule has 1 amide bonds. The Morgan fingerprint density at radius 3 is 2.79 bits per heavy atom. The van der Waals surface area contributed by atoms with Crippen LogP contribution in [-0.2, 0) is 6.54 Å². The summed E-state index contributed by atoms with van der Waals surface area (Å²) in [5, 5.41) is 4.05. The first kappa shape index (κ1) is 15.9. The van der Waals surface area contributed by atoms with Crippen LogP contribution in [0.15, 0.2) is 47.6 Å². The van der Waals surface area contributed by atoms with Gasteiger partial charge in [-0.15, -0.1) is 0 Å². The number of hydrogen-bond donors (Lipinski definition) is 1. The van der Waals surface area contributed by atoms with Gasteiger partial charge in [-0.3, -0.25) is 4.79 Å². The number of amides is 1. The van der Waals surface area contributed by atoms with Gasteiger partial charge in [-0.25, -0.2) is 10.4 Å². The number of rotatable bonds is 4. The van der Waals surface area contributed by atoms with E-state index in [2.05, 4.69) is 27.0 Å². The Morgan fingerprint density at radius 2 is 2.04 bits per heavy atom. The average Bonchev–Trinajstić information content (AvgIpc) is 2.90. The number of carbonyl (C=O) groups excluding carboxylic acids is 1. The lowest BCUT2D eigenvalue weighted by Crippen LogP contribution is -2.17. The molecule has 0 radical (unpaired) electrons. The van der Waals surface area contributed by atoms with E-state index >= 15 is 0 Å². The fourth-order valence-corrected chi connectivity index (χ4v) is 2.75. The molecule has 0 saturated heterocycles. The minimum Gasteiger partial charge on any atom is -0.329 e. The summed E-state index contributed by atoms with van der Waals surface area (Å²) in [5.74, 6) is 0.702. The molecule has 0 saturated carbocycles. The Morgan fingerprint density at radius 1 is 1.25 bits per heavy atom. The molecule has 0 spiro atoms. The fraction of sp³-hybridized carbons (Fsp3) is 0.211. The molecule has 2 aromatic carbocycles. The van der Waals surface area contributed by atoms with Gasteiger partial charge in [0.2, 0.25) is 0 Å². The molecule has 0 aliphatic heterocycles. The van der Waals surface area contributed by atoms with Crippen LogP contribution in [-0.4, -0.2) is 21.7 Å². The number of nitrogens with zero attached hydrogens (tertiary/aromatic N) is 3. The van der Waals surface area contributed by atoms with Gasteiger partial charge in [-0.05, 0) is 50.1 Å².